The second kappa shape index (κ2) is 8.37. The normalized spacial score (nSPS) is 19.4. The summed E-state index contributed by atoms with van der Waals surface area (Å²) in [7, 11) is -1.89. The molecule has 1 aliphatic heterocycles. The monoisotopic (exact) mass is 341 g/mol. The van der Waals surface area contributed by atoms with E-state index in [1.807, 2.05) is 12.1 Å². The van der Waals surface area contributed by atoms with Crippen LogP contribution in [-0.4, -0.2) is 56.2 Å². The fourth-order valence-corrected chi connectivity index (χ4v) is 4.01. The van der Waals surface area contributed by atoms with Crippen molar-refractivity contribution >= 4 is 15.9 Å². The van der Waals surface area contributed by atoms with Gasteiger partial charge in [-0.1, -0.05) is 0 Å². The van der Waals surface area contributed by atoms with Crippen LogP contribution in [-0.2, 0) is 26.1 Å². The van der Waals surface area contributed by atoms with Crippen LogP contribution >= 0.6 is 0 Å². The fraction of sp³-hybridized carbons (Fsp3) is 0.600. The highest BCUT2D eigenvalue weighted by Gasteiger charge is 2.31. The minimum absolute atomic E-state index is 0.0468. The van der Waals surface area contributed by atoms with E-state index in [0.717, 1.165) is 5.56 Å². The molecule has 1 aromatic heterocycles. The number of methoxy groups -OCH3 is 1. The molecule has 23 heavy (non-hydrogen) atoms. The van der Waals surface area contributed by atoms with E-state index in [1.165, 1.54) is 11.4 Å². The Morgan fingerprint density at radius 1 is 1.43 bits per heavy atom. The Morgan fingerprint density at radius 2 is 2.17 bits per heavy atom. The minimum atomic E-state index is -3.36. The van der Waals surface area contributed by atoms with Crippen molar-refractivity contribution in [2.45, 2.75) is 19.4 Å². The number of sulfonamides is 1. The van der Waals surface area contributed by atoms with E-state index in [0.29, 0.717) is 25.9 Å². The summed E-state index contributed by atoms with van der Waals surface area (Å²) in [4.78, 5) is 16.2. The number of nitrogens with zero attached hydrogens (tertiary/aromatic N) is 2. The number of ether oxygens (including phenoxy) is 1. The van der Waals surface area contributed by atoms with E-state index in [-0.39, 0.29) is 30.7 Å². The van der Waals surface area contributed by atoms with Crippen molar-refractivity contribution in [3.63, 3.8) is 0 Å². The lowest BCUT2D eigenvalue weighted by Crippen LogP contribution is -2.46. The predicted octanol–water partition coefficient (Wildman–Crippen LogP) is 0.386. The third-order valence-electron chi connectivity index (χ3n) is 3.91. The molecule has 0 saturated carbocycles. The van der Waals surface area contributed by atoms with Crippen molar-refractivity contribution < 1.29 is 17.9 Å². The van der Waals surface area contributed by atoms with Gasteiger partial charge >= 0.3 is 0 Å². The number of hydrogen-bond donors (Lipinski definition) is 1. The standard InChI is InChI=1S/C15H23N3O4S/c1-22-9-10-23(20,21)18-8-2-3-14(12-18)15(19)17-11-13-4-6-16-7-5-13/h4-7,14H,2-3,8-12H2,1H3,(H,17,19). The van der Waals surface area contributed by atoms with Crippen LogP contribution in [0.5, 0.6) is 0 Å². The lowest BCUT2D eigenvalue weighted by Gasteiger charge is -2.31. The average molecular weight is 341 g/mol. The molecule has 7 nitrogen and oxygen atoms in total. The van der Waals surface area contributed by atoms with Crippen LogP contribution in [0.2, 0.25) is 0 Å². The van der Waals surface area contributed by atoms with Crippen LogP contribution < -0.4 is 5.32 Å². The number of aromatic nitrogens is 1. The molecule has 1 aromatic rings. The van der Waals surface area contributed by atoms with Gasteiger partial charge in [-0.05, 0) is 30.5 Å². The van der Waals surface area contributed by atoms with Gasteiger partial charge < -0.3 is 10.1 Å². The van der Waals surface area contributed by atoms with E-state index in [2.05, 4.69) is 10.3 Å². The predicted molar refractivity (Wildman–Crippen MR) is 86.0 cm³/mol. The third kappa shape index (κ3) is 5.26. The van der Waals surface area contributed by atoms with Gasteiger partial charge in [0.2, 0.25) is 15.9 Å². The largest absolute Gasteiger partial charge is 0.384 e. The molecule has 8 heteroatoms. The van der Waals surface area contributed by atoms with Gasteiger partial charge in [0.1, 0.15) is 0 Å². The third-order valence-corrected chi connectivity index (χ3v) is 5.71. The number of nitrogens with one attached hydrogen (secondary N) is 1. The maximum Gasteiger partial charge on any atom is 0.224 e. The first-order chi connectivity index (χ1) is 11.0. The number of amides is 1. The molecule has 0 spiro atoms. The summed E-state index contributed by atoms with van der Waals surface area (Å²) in [6, 6.07) is 3.67. The first kappa shape index (κ1) is 17.8. The zero-order valence-electron chi connectivity index (χ0n) is 13.3. The number of hydrogen-bond acceptors (Lipinski definition) is 5. The van der Waals surface area contributed by atoms with E-state index in [9.17, 15) is 13.2 Å². The summed E-state index contributed by atoms with van der Waals surface area (Å²) in [5.41, 5.74) is 0.966. The van der Waals surface area contributed by atoms with Crippen molar-refractivity contribution in [1.82, 2.24) is 14.6 Å². The number of pyridine rings is 1. The van der Waals surface area contributed by atoms with Gasteiger partial charge in [0.05, 0.1) is 18.3 Å². The van der Waals surface area contributed by atoms with Crippen LogP contribution in [0.25, 0.3) is 0 Å². The minimum Gasteiger partial charge on any atom is -0.384 e. The number of rotatable bonds is 7. The lowest BCUT2D eigenvalue weighted by atomic mass is 9.99. The molecule has 0 aromatic carbocycles. The SMILES string of the molecule is COCCS(=O)(=O)N1CCCC(C(=O)NCc2ccncc2)C1. The molecule has 0 bridgehead atoms. The highest BCUT2D eigenvalue weighted by molar-refractivity contribution is 7.89. The van der Waals surface area contributed by atoms with E-state index in [4.69, 9.17) is 4.74 Å². The van der Waals surface area contributed by atoms with Crippen molar-refractivity contribution in [2.24, 2.45) is 5.92 Å². The Morgan fingerprint density at radius 3 is 2.87 bits per heavy atom. The van der Waals surface area contributed by atoms with Gasteiger partial charge in [0.15, 0.2) is 0 Å². The molecular weight excluding hydrogens is 318 g/mol. The van der Waals surface area contributed by atoms with Gasteiger partial charge in [-0.15, -0.1) is 0 Å². The summed E-state index contributed by atoms with van der Waals surface area (Å²) in [6.45, 7) is 1.31. The Bertz CT molecular complexity index is 606. The second-order valence-electron chi connectivity index (χ2n) is 5.58. The zero-order valence-corrected chi connectivity index (χ0v) is 14.1. The van der Waals surface area contributed by atoms with Crippen molar-refractivity contribution in [3.05, 3.63) is 30.1 Å². The van der Waals surface area contributed by atoms with E-state index < -0.39 is 10.0 Å². The van der Waals surface area contributed by atoms with Gasteiger partial charge in [0.25, 0.3) is 0 Å². The number of carbonyl (C=O) groups excluding carboxylic acids is 1. The summed E-state index contributed by atoms with van der Waals surface area (Å²) >= 11 is 0. The van der Waals surface area contributed by atoms with Crippen molar-refractivity contribution in [2.75, 3.05) is 32.6 Å². The Labute approximate surface area is 137 Å². The Balaban J connectivity index is 1.88. The number of carbonyl (C=O) groups is 1. The molecular formula is C15H23N3O4S. The topological polar surface area (TPSA) is 88.6 Å². The second-order valence-corrected chi connectivity index (χ2v) is 7.67. The Hall–Kier alpha value is -1.51. The van der Waals surface area contributed by atoms with Gasteiger partial charge in [-0.25, -0.2) is 12.7 Å². The lowest BCUT2D eigenvalue weighted by molar-refractivity contribution is -0.126. The highest BCUT2D eigenvalue weighted by atomic mass is 32.2. The highest BCUT2D eigenvalue weighted by Crippen LogP contribution is 2.19. The van der Waals surface area contributed by atoms with Crippen LogP contribution in [0.1, 0.15) is 18.4 Å². The summed E-state index contributed by atoms with van der Waals surface area (Å²) < 4.78 is 30.6. The first-order valence-electron chi connectivity index (χ1n) is 7.66. The quantitative estimate of drug-likeness (QED) is 0.775. The summed E-state index contributed by atoms with van der Waals surface area (Å²) in [6.07, 6.45) is 4.75. The van der Waals surface area contributed by atoms with Crippen molar-refractivity contribution in [1.29, 1.82) is 0 Å². The number of piperidine rings is 1. The molecule has 128 valence electrons. The van der Waals surface area contributed by atoms with E-state index in [1.54, 1.807) is 12.4 Å². The first-order valence-corrected chi connectivity index (χ1v) is 9.27. The Kier molecular flexibility index (Phi) is 6.49. The molecule has 2 rings (SSSR count). The smallest absolute Gasteiger partial charge is 0.224 e. The zero-order chi connectivity index (χ0) is 16.7. The molecule has 1 amide bonds. The van der Waals surface area contributed by atoms with Gasteiger partial charge in [0, 0.05) is 39.1 Å². The molecule has 1 atom stereocenters. The average Bonchev–Trinajstić information content (AvgIpc) is 2.59. The molecule has 0 radical (unpaired) electrons. The van der Waals surface area contributed by atoms with Crippen LogP contribution in [0.3, 0.4) is 0 Å². The molecule has 1 N–H and O–H groups in total. The van der Waals surface area contributed by atoms with Gasteiger partial charge in [-0.2, -0.15) is 0 Å². The molecule has 2 heterocycles. The summed E-state index contributed by atoms with van der Waals surface area (Å²) in [5, 5.41) is 2.87. The summed E-state index contributed by atoms with van der Waals surface area (Å²) in [5.74, 6) is -0.453. The molecule has 0 aliphatic carbocycles. The van der Waals surface area contributed by atoms with Crippen LogP contribution in [0.4, 0.5) is 0 Å². The van der Waals surface area contributed by atoms with Crippen LogP contribution in [0.15, 0.2) is 24.5 Å². The molecule has 1 fully saturated rings. The van der Waals surface area contributed by atoms with Gasteiger partial charge in [-0.3, -0.25) is 9.78 Å². The van der Waals surface area contributed by atoms with Crippen molar-refractivity contribution in [3.8, 4) is 0 Å². The maximum atomic E-state index is 12.3. The molecule has 1 unspecified atom stereocenters. The maximum absolute atomic E-state index is 12.3. The van der Waals surface area contributed by atoms with Crippen LogP contribution in [0, 0.1) is 5.92 Å². The molecule has 1 aliphatic rings. The fourth-order valence-electron chi connectivity index (χ4n) is 2.56. The molecule has 1 saturated heterocycles. The van der Waals surface area contributed by atoms with E-state index >= 15 is 0 Å².